The van der Waals surface area contributed by atoms with Gasteiger partial charge in [0.15, 0.2) is 5.13 Å². The van der Waals surface area contributed by atoms with E-state index in [1.807, 2.05) is 77.9 Å². The van der Waals surface area contributed by atoms with Gasteiger partial charge in [-0.15, -0.1) is 11.3 Å². The van der Waals surface area contributed by atoms with E-state index < -0.39 is 0 Å². The summed E-state index contributed by atoms with van der Waals surface area (Å²) in [5.41, 5.74) is 4.12. The highest BCUT2D eigenvalue weighted by Crippen LogP contribution is 2.29. The smallest absolute Gasteiger partial charge is 0.246 e. The fourth-order valence-electron chi connectivity index (χ4n) is 3.07. The van der Waals surface area contributed by atoms with Crippen molar-refractivity contribution in [1.29, 1.82) is 0 Å². The Bertz CT molecular complexity index is 1210. The summed E-state index contributed by atoms with van der Waals surface area (Å²) in [6, 6.07) is 26.0. The van der Waals surface area contributed by atoms with E-state index in [0.29, 0.717) is 0 Å². The molecule has 0 bridgehead atoms. The molecule has 30 heavy (non-hydrogen) atoms. The minimum Gasteiger partial charge on any atom is -0.457 e. The Morgan fingerprint density at radius 1 is 0.867 bits per heavy atom. The number of para-hydroxylation sites is 1. The second-order valence-corrected chi connectivity index (χ2v) is 7.53. The van der Waals surface area contributed by atoms with Crippen LogP contribution in [0, 0.1) is 0 Å². The summed E-state index contributed by atoms with van der Waals surface area (Å²) in [7, 11) is 0. The molecule has 2 aromatic heterocycles. The van der Waals surface area contributed by atoms with Crippen molar-refractivity contribution in [2.45, 2.75) is 0 Å². The number of rotatable bonds is 6. The number of thiazole rings is 1. The highest BCUT2D eigenvalue weighted by molar-refractivity contribution is 7.14. The monoisotopic (exact) mass is 411 g/mol. The topological polar surface area (TPSA) is 53.8 Å². The maximum absolute atomic E-state index is 5.84. The third-order valence-corrected chi connectivity index (χ3v) is 5.35. The molecule has 5 aromatic rings. The number of benzene rings is 3. The number of H-pyrrole nitrogens is 1. The second-order valence-electron chi connectivity index (χ2n) is 6.67. The van der Waals surface area contributed by atoms with Crippen LogP contribution in [0.1, 0.15) is 0 Å². The summed E-state index contributed by atoms with van der Waals surface area (Å²) in [5.74, 6) is 1.62. The van der Waals surface area contributed by atoms with E-state index in [0.717, 1.165) is 39.3 Å². The number of hydrogen-bond acceptors (Lipinski definition) is 4. The summed E-state index contributed by atoms with van der Waals surface area (Å²) in [5, 5.41) is 6.28. The number of ether oxygens (including phenoxy) is 1. The molecule has 0 saturated carbocycles. The molecule has 0 aliphatic carbocycles. The number of nitrogens with one attached hydrogen (secondary N) is 2. The molecular formula is C24H19N4OS+. The molecule has 0 aliphatic heterocycles. The lowest BCUT2D eigenvalue weighted by atomic mass is 10.1. The third-order valence-electron chi connectivity index (χ3n) is 4.59. The number of anilines is 2. The van der Waals surface area contributed by atoms with Crippen molar-refractivity contribution < 1.29 is 9.30 Å². The standard InChI is InChI=1S/C24H18N4OS/c1-2-4-21(5-3-1)29-22-12-8-19(9-13-22)26-24-27-23(16-30-24)18-6-10-20(11-7-18)28-15-14-25-17-28/h1-17H,(H,26,27)/p+1. The van der Waals surface area contributed by atoms with E-state index in [9.17, 15) is 0 Å². The average molecular weight is 412 g/mol. The third kappa shape index (κ3) is 4.09. The Hall–Kier alpha value is -3.90. The first kappa shape index (κ1) is 18.1. The Morgan fingerprint density at radius 3 is 2.37 bits per heavy atom. The fraction of sp³-hybridized carbons (Fsp3) is 0. The molecule has 0 unspecified atom stereocenters. The zero-order valence-electron chi connectivity index (χ0n) is 16.0. The van der Waals surface area contributed by atoms with E-state index in [1.165, 1.54) is 0 Å². The molecule has 5 nitrogen and oxygen atoms in total. The Labute approximate surface area is 178 Å². The molecule has 5 rings (SSSR count). The second kappa shape index (κ2) is 8.23. The van der Waals surface area contributed by atoms with Crippen molar-refractivity contribution in [3.63, 3.8) is 0 Å². The summed E-state index contributed by atoms with van der Waals surface area (Å²) in [4.78, 5) is 7.77. The van der Waals surface area contributed by atoms with Gasteiger partial charge < -0.3 is 10.1 Å². The summed E-state index contributed by atoms with van der Waals surface area (Å²) < 4.78 is 7.87. The van der Waals surface area contributed by atoms with Crippen LogP contribution >= 0.6 is 11.3 Å². The highest BCUT2D eigenvalue weighted by Gasteiger charge is 2.07. The maximum Gasteiger partial charge on any atom is 0.246 e. The zero-order chi connectivity index (χ0) is 20.2. The van der Waals surface area contributed by atoms with Crippen LogP contribution in [-0.2, 0) is 0 Å². The van der Waals surface area contributed by atoms with Crippen molar-refractivity contribution in [3.05, 3.63) is 103 Å². The molecular weight excluding hydrogens is 392 g/mol. The summed E-state index contributed by atoms with van der Waals surface area (Å²) in [6.07, 6.45) is 5.79. The normalized spacial score (nSPS) is 10.7. The van der Waals surface area contributed by atoms with Crippen LogP contribution in [0.5, 0.6) is 11.5 Å². The molecule has 0 aliphatic rings. The van der Waals surface area contributed by atoms with Crippen molar-refractivity contribution in [2.75, 3.05) is 5.32 Å². The van der Waals surface area contributed by atoms with Gasteiger partial charge in [0.2, 0.25) is 6.33 Å². The van der Waals surface area contributed by atoms with Crippen LogP contribution in [0.3, 0.4) is 0 Å². The number of aromatic nitrogens is 3. The van der Waals surface area contributed by atoms with Gasteiger partial charge in [-0.1, -0.05) is 18.2 Å². The Kier molecular flexibility index (Phi) is 4.98. The highest BCUT2D eigenvalue weighted by atomic mass is 32.1. The minimum absolute atomic E-state index is 0.798. The lowest BCUT2D eigenvalue weighted by Crippen LogP contribution is -2.26. The fourth-order valence-corrected chi connectivity index (χ4v) is 3.81. The molecule has 0 radical (unpaired) electrons. The molecule has 0 saturated heterocycles. The number of imidazole rings is 1. The average Bonchev–Trinajstić information content (AvgIpc) is 3.49. The zero-order valence-corrected chi connectivity index (χ0v) is 16.8. The van der Waals surface area contributed by atoms with Gasteiger partial charge in [-0.25, -0.2) is 14.5 Å². The first-order valence-electron chi connectivity index (χ1n) is 9.54. The lowest BCUT2D eigenvalue weighted by molar-refractivity contribution is -0.594. The summed E-state index contributed by atoms with van der Waals surface area (Å²) >= 11 is 1.58. The van der Waals surface area contributed by atoms with E-state index in [2.05, 4.69) is 39.9 Å². The van der Waals surface area contributed by atoms with E-state index in [-0.39, 0.29) is 0 Å². The number of hydrogen-bond donors (Lipinski definition) is 2. The van der Waals surface area contributed by atoms with Crippen LogP contribution in [0.2, 0.25) is 0 Å². The maximum atomic E-state index is 5.84. The van der Waals surface area contributed by atoms with E-state index in [4.69, 9.17) is 9.72 Å². The van der Waals surface area contributed by atoms with Crippen molar-refractivity contribution in [1.82, 2.24) is 9.97 Å². The van der Waals surface area contributed by atoms with Gasteiger partial charge in [0.25, 0.3) is 0 Å². The molecule has 3 aromatic carbocycles. The summed E-state index contributed by atoms with van der Waals surface area (Å²) in [6.45, 7) is 0. The van der Waals surface area contributed by atoms with Gasteiger partial charge in [0.05, 0.1) is 5.69 Å². The minimum atomic E-state index is 0.798. The molecule has 146 valence electrons. The number of aromatic amines is 1. The van der Waals surface area contributed by atoms with E-state index in [1.54, 1.807) is 11.3 Å². The Morgan fingerprint density at radius 2 is 1.63 bits per heavy atom. The molecule has 0 atom stereocenters. The quantitative estimate of drug-likeness (QED) is 0.340. The van der Waals surface area contributed by atoms with Crippen LogP contribution in [0.15, 0.2) is 103 Å². The van der Waals surface area contributed by atoms with Gasteiger partial charge in [0.1, 0.15) is 29.6 Å². The van der Waals surface area contributed by atoms with Crippen LogP contribution in [-0.4, -0.2) is 9.97 Å². The van der Waals surface area contributed by atoms with Gasteiger partial charge in [0, 0.05) is 16.6 Å². The van der Waals surface area contributed by atoms with Gasteiger partial charge in [-0.2, -0.15) is 0 Å². The molecule has 2 heterocycles. The molecule has 0 spiro atoms. The van der Waals surface area contributed by atoms with Crippen LogP contribution in [0.25, 0.3) is 16.9 Å². The SMILES string of the molecule is c1ccc(Oc2ccc(Nc3nc(-c4ccc(-[n+]5cc[nH]c5)cc4)cs3)cc2)cc1. The van der Waals surface area contributed by atoms with Gasteiger partial charge >= 0.3 is 0 Å². The molecule has 2 N–H and O–H groups in total. The first-order chi connectivity index (χ1) is 14.8. The van der Waals surface area contributed by atoms with Gasteiger partial charge in [-0.3, -0.25) is 0 Å². The predicted octanol–water partition coefficient (Wildman–Crippen LogP) is 5.95. The van der Waals surface area contributed by atoms with Crippen molar-refractivity contribution in [2.24, 2.45) is 0 Å². The first-order valence-corrected chi connectivity index (χ1v) is 10.4. The molecule has 6 heteroatoms. The van der Waals surface area contributed by atoms with Crippen molar-refractivity contribution >= 4 is 22.2 Å². The largest absolute Gasteiger partial charge is 0.457 e. The molecule has 0 fully saturated rings. The van der Waals surface area contributed by atoms with Gasteiger partial charge in [-0.05, 0) is 60.7 Å². The van der Waals surface area contributed by atoms with E-state index >= 15 is 0 Å². The predicted molar refractivity (Wildman–Crippen MR) is 120 cm³/mol. The lowest BCUT2D eigenvalue weighted by Gasteiger charge is -2.07. The van der Waals surface area contributed by atoms with Crippen LogP contribution in [0.4, 0.5) is 10.8 Å². The van der Waals surface area contributed by atoms with Crippen molar-refractivity contribution in [3.8, 4) is 28.4 Å². The number of nitrogens with zero attached hydrogens (tertiary/aromatic N) is 2. The van der Waals surface area contributed by atoms with Crippen LogP contribution < -0.4 is 14.6 Å². The molecule has 0 amide bonds. The Balaban J connectivity index is 1.25.